The predicted molar refractivity (Wildman–Crippen MR) is 137 cm³/mol. The van der Waals surface area contributed by atoms with Gasteiger partial charge in [0.15, 0.2) is 22.5 Å². The van der Waals surface area contributed by atoms with Crippen LogP contribution >= 0.6 is 11.8 Å². The van der Waals surface area contributed by atoms with Crippen molar-refractivity contribution in [3.63, 3.8) is 0 Å². The van der Waals surface area contributed by atoms with Crippen molar-refractivity contribution in [3.05, 3.63) is 84.4 Å². The summed E-state index contributed by atoms with van der Waals surface area (Å²) in [6, 6.07) is 25.1. The molecule has 0 saturated carbocycles. The molecule has 35 heavy (non-hydrogen) atoms. The highest BCUT2D eigenvalue weighted by atomic mass is 32.2. The number of para-hydroxylation sites is 1. The van der Waals surface area contributed by atoms with E-state index in [0.717, 1.165) is 16.8 Å². The lowest BCUT2D eigenvalue weighted by atomic mass is 10.2. The van der Waals surface area contributed by atoms with E-state index in [9.17, 15) is 4.79 Å². The highest BCUT2D eigenvalue weighted by Gasteiger charge is 2.17. The fourth-order valence-corrected chi connectivity index (χ4v) is 4.07. The van der Waals surface area contributed by atoms with Gasteiger partial charge in [0.2, 0.25) is 0 Å². The number of hydrazone groups is 1. The third-order valence-electron chi connectivity index (χ3n) is 4.90. The van der Waals surface area contributed by atoms with Crippen LogP contribution in [0.25, 0.3) is 17.1 Å². The van der Waals surface area contributed by atoms with E-state index >= 15 is 0 Å². The molecule has 1 heterocycles. The lowest BCUT2D eigenvalue weighted by Gasteiger charge is -2.10. The normalized spacial score (nSPS) is 10.9. The molecule has 0 bridgehead atoms. The summed E-state index contributed by atoms with van der Waals surface area (Å²) in [6.45, 7) is 2.45. The number of nitrogens with zero attached hydrogens (tertiary/aromatic N) is 4. The summed E-state index contributed by atoms with van der Waals surface area (Å²) in [7, 11) is 1.58. The zero-order valence-electron chi connectivity index (χ0n) is 19.4. The lowest BCUT2D eigenvalue weighted by Crippen LogP contribution is -2.20. The highest BCUT2D eigenvalue weighted by Crippen LogP contribution is 2.28. The Morgan fingerprint density at radius 1 is 1.03 bits per heavy atom. The maximum absolute atomic E-state index is 12.4. The van der Waals surface area contributed by atoms with Gasteiger partial charge in [0.1, 0.15) is 0 Å². The van der Waals surface area contributed by atoms with E-state index in [2.05, 4.69) is 20.7 Å². The molecule has 3 aromatic carbocycles. The molecule has 0 radical (unpaired) electrons. The molecule has 9 heteroatoms. The number of hydrogen-bond donors (Lipinski definition) is 1. The van der Waals surface area contributed by atoms with Crippen LogP contribution in [0.4, 0.5) is 0 Å². The SMILES string of the molecule is CCOc1ccc(C=NNC(=O)CSc2nnc(-c3ccccc3)n2-c2ccccc2)cc1OC. The summed E-state index contributed by atoms with van der Waals surface area (Å²) in [5.41, 5.74) is 5.19. The number of methoxy groups -OCH3 is 1. The average molecular weight is 488 g/mol. The van der Waals surface area contributed by atoms with Crippen LogP contribution in [0.15, 0.2) is 89.1 Å². The van der Waals surface area contributed by atoms with Crippen LogP contribution in [-0.4, -0.2) is 46.4 Å². The Bertz CT molecular complexity index is 1290. The van der Waals surface area contributed by atoms with Gasteiger partial charge < -0.3 is 9.47 Å². The molecule has 4 aromatic rings. The number of ether oxygens (including phenoxy) is 2. The molecule has 0 atom stereocenters. The van der Waals surface area contributed by atoms with Gasteiger partial charge in [0.25, 0.3) is 5.91 Å². The molecule has 0 unspecified atom stereocenters. The van der Waals surface area contributed by atoms with Crippen LogP contribution in [0.5, 0.6) is 11.5 Å². The minimum Gasteiger partial charge on any atom is -0.493 e. The number of rotatable bonds is 10. The van der Waals surface area contributed by atoms with E-state index in [1.165, 1.54) is 11.8 Å². The van der Waals surface area contributed by atoms with Gasteiger partial charge in [-0.3, -0.25) is 9.36 Å². The summed E-state index contributed by atoms with van der Waals surface area (Å²) in [5, 5.41) is 13.4. The van der Waals surface area contributed by atoms with Crippen molar-refractivity contribution in [2.75, 3.05) is 19.5 Å². The topological polar surface area (TPSA) is 90.6 Å². The Labute approximate surface area is 208 Å². The van der Waals surface area contributed by atoms with E-state index in [1.54, 1.807) is 19.4 Å². The molecule has 0 spiro atoms. The first-order valence-electron chi connectivity index (χ1n) is 11.0. The maximum atomic E-state index is 12.4. The fourth-order valence-electron chi connectivity index (χ4n) is 3.33. The molecule has 1 N–H and O–H groups in total. The van der Waals surface area contributed by atoms with Crippen LogP contribution in [0.1, 0.15) is 12.5 Å². The third-order valence-corrected chi connectivity index (χ3v) is 5.83. The molecule has 0 aliphatic rings. The average Bonchev–Trinajstić information content (AvgIpc) is 3.33. The van der Waals surface area contributed by atoms with E-state index in [0.29, 0.717) is 29.1 Å². The van der Waals surface area contributed by atoms with Crippen LogP contribution in [0, 0.1) is 0 Å². The number of amides is 1. The van der Waals surface area contributed by atoms with E-state index < -0.39 is 0 Å². The van der Waals surface area contributed by atoms with Crippen molar-refractivity contribution in [3.8, 4) is 28.6 Å². The molecular weight excluding hydrogens is 462 g/mol. The Morgan fingerprint density at radius 2 is 1.77 bits per heavy atom. The van der Waals surface area contributed by atoms with Gasteiger partial charge in [-0.25, -0.2) is 5.43 Å². The summed E-state index contributed by atoms with van der Waals surface area (Å²) < 4.78 is 12.8. The molecular formula is C26H25N5O3S. The molecule has 0 aliphatic heterocycles. The lowest BCUT2D eigenvalue weighted by molar-refractivity contribution is -0.118. The summed E-state index contributed by atoms with van der Waals surface area (Å²) in [6.07, 6.45) is 1.56. The second kappa shape index (κ2) is 11.8. The second-order valence-corrected chi connectivity index (χ2v) is 8.21. The van der Waals surface area contributed by atoms with Crippen molar-refractivity contribution in [1.82, 2.24) is 20.2 Å². The van der Waals surface area contributed by atoms with Gasteiger partial charge in [-0.05, 0) is 42.8 Å². The number of nitrogens with one attached hydrogen (secondary N) is 1. The zero-order valence-corrected chi connectivity index (χ0v) is 20.2. The number of carbonyl (C=O) groups excluding carboxylic acids is 1. The maximum Gasteiger partial charge on any atom is 0.250 e. The molecule has 0 fully saturated rings. The monoisotopic (exact) mass is 487 g/mol. The number of hydrogen-bond acceptors (Lipinski definition) is 7. The summed E-state index contributed by atoms with van der Waals surface area (Å²) in [5.74, 6) is 1.84. The van der Waals surface area contributed by atoms with Crippen LogP contribution in [0.2, 0.25) is 0 Å². The van der Waals surface area contributed by atoms with Crippen molar-refractivity contribution in [2.24, 2.45) is 5.10 Å². The van der Waals surface area contributed by atoms with E-state index in [-0.39, 0.29) is 11.7 Å². The fraction of sp³-hybridized carbons (Fsp3) is 0.154. The highest BCUT2D eigenvalue weighted by molar-refractivity contribution is 7.99. The van der Waals surface area contributed by atoms with Crippen molar-refractivity contribution in [2.45, 2.75) is 12.1 Å². The Hall–Kier alpha value is -4.11. The summed E-state index contributed by atoms with van der Waals surface area (Å²) in [4.78, 5) is 12.4. The largest absolute Gasteiger partial charge is 0.493 e. The van der Waals surface area contributed by atoms with Gasteiger partial charge in [-0.15, -0.1) is 10.2 Å². The standard InChI is InChI=1S/C26H25N5O3S/c1-3-34-22-15-14-19(16-23(22)33-2)17-27-28-24(32)18-35-26-30-29-25(20-10-6-4-7-11-20)31(26)21-12-8-5-9-13-21/h4-17H,3,18H2,1-2H3,(H,28,32). The number of carbonyl (C=O) groups is 1. The van der Waals surface area contributed by atoms with Crippen molar-refractivity contribution in [1.29, 1.82) is 0 Å². The molecule has 0 saturated heterocycles. The number of thioether (sulfide) groups is 1. The molecule has 8 nitrogen and oxygen atoms in total. The first kappa shape index (κ1) is 24.0. The van der Waals surface area contributed by atoms with Crippen LogP contribution < -0.4 is 14.9 Å². The van der Waals surface area contributed by atoms with Gasteiger partial charge >= 0.3 is 0 Å². The first-order valence-corrected chi connectivity index (χ1v) is 12.0. The number of aromatic nitrogens is 3. The van der Waals surface area contributed by atoms with E-state index in [1.807, 2.05) is 84.3 Å². The molecule has 0 aliphatic carbocycles. The first-order chi connectivity index (χ1) is 17.2. The van der Waals surface area contributed by atoms with Gasteiger partial charge in [-0.1, -0.05) is 60.3 Å². The number of benzene rings is 3. The predicted octanol–water partition coefficient (Wildman–Crippen LogP) is 4.58. The second-order valence-electron chi connectivity index (χ2n) is 7.27. The van der Waals surface area contributed by atoms with Gasteiger partial charge in [-0.2, -0.15) is 5.10 Å². The van der Waals surface area contributed by atoms with Gasteiger partial charge in [0, 0.05) is 11.3 Å². The molecule has 1 aromatic heterocycles. The molecule has 178 valence electrons. The van der Waals surface area contributed by atoms with Crippen molar-refractivity contribution >= 4 is 23.9 Å². The molecule has 1 amide bonds. The smallest absolute Gasteiger partial charge is 0.250 e. The summed E-state index contributed by atoms with van der Waals surface area (Å²) >= 11 is 1.29. The Kier molecular flexibility index (Phi) is 8.13. The van der Waals surface area contributed by atoms with Crippen LogP contribution in [-0.2, 0) is 4.79 Å². The zero-order chi connectivity index (χ0) is 24.5. The van der Waals surface area contributed by atoms with Gasteiger partial charge in [0.05, 0.1) is 25.7 Å². The third kappa shape index (κ3) is 6.07. The minimum absolute atomic E-state index is 0.129. The quantitative estimate of drug-likeness (QED) is 0.200. The van der Waals surface area contributed by atoms with Crippen LogP contribution in [0.3, 0.4) is 0 Å². The Morgan fingerprint density at radius 3 is 2.49 bits per heavy atom. The molecule has 4 rings (SSSR count). The minimum atomic E-state index is -0.256. The Balaban J connectivity index is 1.43. The van der Waals surface area contributed by atoms with E-state index in [4.69, 9.17) is 9.47 Å². The van der Waals surface area contributed by atoms with Crippen molar-refractivity contribution < 1.29 is 14.3 Å².